The van der Waals surface area contributed by atoms with E-state index in [1.165, 1.54) is 6.07 Å². The summed E-state index contributed by atoms with van der Waals surface area (Å²) in [5, 5.41) is 14.9. The third kappa shape index (κ3) is 4.52. The molecule has 1 atom stereocenters. The highest BCUT2D eigenvalue weighted by atomic mass is 79.9. The minimum absolute atomic E-state index is 0.0836. The zero-order valence-electron chi connectivity index (χ0n) is 11.3. The Morgan fingerprint density at radius 1 is 1.29 bits per heavy atom. The van der Waals surface area contributed by atoms with Crippen LogP contribution >= 0.6 is 27.5 Å². The molecule has 0 saturated carbocycles. The molecular formula is C15H14BrClN2O2. The van der Waals surface area contributed by atoms with Crippen LogP contribution < -0.4 is 5.32 Å². The Balaban J connectivity index is 2.05. The topological polar surface area (TPSA) is 55.2 Å². The summed E-state index contributed by atoms with van der Waals surface area (Å²) in [5.74, 6) is 0. The van der Waals surface area contributed by atoms with E-state index in [2.05, 4.69) is 21.2 Å². The van der Waals surface area contributed by atoms with Crippen LogP contribution in [-0.2, 0) is 6.54 Å². The molecule has 2 rings (SSSR count). The Hall–Kier alpha value is -1.43. The fourth-order valence-electron chi connectivity index (χ4n) is 1.98. The van der Waals surface area contributed by atoms with Gasteiger partial charge in [-0.25, -0.2) is 0 Å². The summed E-state index contributed by atoms with van der Waals surface area (Å²) in [6.45, 7) is 2.58. The lowest BCUT2D eigenvalue weighted by Crippen LogP contribution is -2.18. The molecule has 2 aromatic carbocycles. The number of nitro benzene ring substituents is 1. The summed E-state index contributed by atoms with van der Waals surface area (Å²) >= 11 is 9.16. The molecule has 0 aliphatic rings. The second-order valence-electron chi connectivity index (χ2n) is 4.73. The summed E-state index contributed by atoms with van der Waals surface area (Å²) in [6, 6.07) is 12.7. The Morgan fingerprint density at radius 3 is 2.57 bits per heavy atom. The SMILES string of the molecule is C[C@H](NCc1cc(Br)cc([N+](=O)[O-])c1)c1ccc(Cl)cc1. The third-order valence-corrected chi connectivity index (χ3v) is 3.85. The number of halogens is 2. The molecule has 4 nitrogen and oxygen atoms in total. The van der Waals surface area contributed by atoms with E-state index in [9.17, 15) is 10.1 Å². The Bertz CT molecular complexity index is 647. The molecule has 1 N–H and O–H groups in total. The van der Waals surface area contributed by atoms with Crippen LogP contribution in [0.3, 0.4) is 0 Å². The van der Waals surface area contributed by atoms with Gasteiger partial charge in [0.15, 0.2) is 0 Å². The normalized spacial score (nSPS) is 12.1. The summed E-state index contributed by atoms with van der Waals surface area (Å²) < 4.78 is 0.702. The predicted molar refractivity (Wildman–Crippen MR) is 87.5 cm³/mol. The minimum atomic E-state index is -0.392. The fraction of sp³-hybridized carbons (Fsp3) is 0.200. The highest BCUT2D eigenvalue weighted by molar-refractivity contribution is 9.10. The molecule has 0 aliphatic heterocycles. The first-order valence-corrected chi connectivity index (χ1v) is 7.55. The number of nitrogens with one attached hydrogen (secondary N) is 1. The van der Waals surface area contributed by atoms with Gasteiger partial charge in [0.1, 0.15) is 0 Å². The maximum atomic E-state index is 10.8. The van der Waals surface area contributed by atoms with Crippen molar-refractivity contribution >= 4 is 33.2 Å². The highest BCUT2D eigenvalue weighted by Crippen LogP contribution is 2.22. The maximum Gasteiger partial charge on any atom is 0.270 e. The highest BCUT2D eigenvalue weighted by Gasteiger charge is 2.10. The minimum Gasteiger partial charge on any atom is -0.306 e. The van der Waals surface area contributed by atoms with E-state index in [1.54, 1.807) is 6.07 Å². The fourth-order valence-corrected chi connectivity index (χ4v) is 2.64. The molecule has 0 aromatic heterocycles. The van der Waals surface area contributed by atoms with E-state index in [0.717, 1.165) is 11.1 Å². The smallest absolute Gasteiger partial charge is 0.270 e. The average molecular weight is 370 g/mol. The molecule has 0 bridgehead atoms. The van der Waals surface area contributed by atoms with Crippen molar-refractivity contribution in [2.24, 2.45) is 0 Å². The summed E-state index contributed by atoms with van der Waals surface area (Å²) in [6.07, 6.45) is 0. The molecule has 0 heterocycles. The first kappa shape index (κ1) is 15.9. The van der Waals surface area contributed by atoms with Gasteiger partial charge >= 0.3 is 0 Å². The zero-order valence-corrected chi connectivity index (χ0v) is 13.7. The van der Waals surface area contributed by atoms with Gasteiger partial charge in [0.2, 0.25) is 0 Å². The molecule has 0 saturated heterocycles. The summed E-state index contributed by atoms with van der Waals surface area (Å²) in [7, 11) is 0. The van der Waals surface area contributed by atoms with Crippen LogP contribution in [0.25, 0.3) is 0 Å². The molecule has 0 aliphatic carbocycles. The van der Waals surface area contributed by atoms with Crippen molar-refractivity contribution in [3.8, 4) is 0 Å². The molecule has 2 aromatic rings. The van der Waals surface area contributed by atoms with Gasteiger partial charge in [-0.1, -0.05) is 39.7 Å². The lowest BCUT2D eigenvalue weighted by Gasteiger charge is -2.14. The summed E-state index contributed by atoms with van der Waals surface area (Å²) in [4.78, 5) is 10.5. The molecule has 110 valence electrons. The van der Waals surface area contributed by atoms with Crippen LogP contribution in [0.4, 0.5) is 5.69 Å². The second kappa shape index (κ2) is 7.02. The van der Waals surface area contributed by atoms with Gasteiger partial charge in [-0.2, -0.15) is 0 Å². The third-order valence-electron chi connectivity index (χ3n) is 3.14. The van der Waals surface area contributed by atoms with Crippen LogP contribution in [-0.4, -0.2) is 4.92 Å². The number of nitrogens with zero attached hydrogens (tertiary/aromatic N) is 1. The van der Waals surface area contributed by atoms with Gasteiger partial charge in [0.25, 0.3) is 5.69 Å². The molecule has 6 heteroatoms. The molecule has 21 heavy (non-hydrogen) atoms. The number of benzene rings is 2. The molecule has 0 fully saturated rings. The van der Waals surface area contributed by atoms with Crippen molar-refractivity contribution in [2.75, 3.05) is 0 Å². The van der Waals surface area contributed by atoms with Gasteiger partial charge in [-0.15, -0.1) is 0 Å². The molecule has 0 spiro atoms. The molecular weight excluding hydrogens is 356 g/mol. The first-order valence-electron chi connectivity index (χ1n) is 6.38. The van der Waals surface area contributed by atoms with Crippen molar-refractivity contribution in [3.05, 3.63) is 73.2 Å². The largest absolute Gasteiger partial charge is 0.306 e. The molecule has 0 radical (unpaired) electrons. The van der Waals surface area contributed by atoms with Crippen molar-refractivity contribution < 1.29 is 4.92 Å². The number of hydrogen-bond acceptors (Lipinski definition) is 3. The maximum absolute atomic E-state index is 10.8. The van der Waals surface area contributed by atoms with Crippen molar-refractivity contribution in [2.45, 2.75) is 19.5 Å². The van der Waals surface area contributed by atoms with Crippen LogP contribution in [0.5, 0.6) is 0 Å². The second-order valence-corrected chi connectivity index (χ2v) is 6.08. The van der Waals surface area contributed by atoms with Crippen LogP contribution in [0.1, 0.15) is 24.1 Å². The van der Waals surface area contributed by atoms with E-state index in [1.807, 2.05) is 37.3 Å². The molecule has 0 amide bonds. The Morgan fingerprint density at radius 2 is 1.95 bits per heavy atom. The van der Waals surface area contributed by atoms with Crippen LogP contribution in [0, 0.1) is 10.1 Å². The standard InChI is InChI=1S/C15H14BrClN2O2/c1-10(12-2-4-14(17)5-3-12)18-9-11-6-13(16)8-15(7-11)19(20)21/h2-8,10,18H,9H2,1H3/t10-/m0/s1. The number of non-ortho nitro benzene ring substituents is 1. The van der Waals surface area contributed by atoms with E-state index in [-0.39, 0.29) is 11.7 Å². The van der Waals surface area contributed by atoms with Crippen LogP contribution in [0.15, 0.2) is 46.9 Å². The van der Waals surface area contributed by atoms with E-state index in [0.29, 0.717) is 16.0 Å². The van der Waals surface area contributed by atoms with Gasteiger partial charge < -0.3 is 5.32 Å². The van der Waals surface area contributed by atoms with Gasteiger partial charge in [-0.05, 0) is 36.2 Å². The lowest BCUT2D eigenvalue weighted by atomic mass is 10.1. The predicted octanol–water partition coefficient (Wildman–Crippen LogP) is 4.86. The van der Waals surface area contributed by atoms with E-state index >= 15 is 0 Å². The van der Waals surface area contributed by atoms with Crippen molar-refractivity contribution in [1.29, 1.82) is 0 Å². The lowest BCUT2D eigenvalue weighted by molar-refractivity contribution is -0.385. The number of hydrogen-bond donors (Lipinski definition) is 1. The zero-order chi connectivity index (χ0) is 15.4. The van der Waals surface area contributed by atoms with E-state index < -0.39 is 4.92 Å². The number of rotatable bonds is 5. The Labute approximate surface area is 136 Å². The molecule has 0 unspecified atom stereocenters. The quantitative estimate of drug-likeness (QED) is 0.605. The van der Waals surface area contributed by atoms with Crippen LogP contribution in [0.2, 0.25) is 5.02 Å². The van der Waals surface area contributed by atoms with Gasteiger partial charge in [0.05, 0.1) is 4.92 Å². The van der Waals surface area contributed by atoms with Crippen molar-refractivity contribution in [1.82, 2.24) is 5.32 Å². The monoisotopic (exact) mass is 368 g/mol. The van der Waals surface area contributed by atoms with Crippen molar-refractivity contribution in [3.63, 3.8) is 0 Å². The number of nitro groups is 1. The first-order chi connectivity index (χ1) is 9.95. The van der Waals surface area contributed by atoms with E-state index in [4.69, 9.17) is 11.6 Å². The summed E-state index contributed by atoms with van der Waals surface area (Å²) in [5.41, 5.74) is 2.06. The van der Waals surface area contributed by atoms with Gasteiger partial charge in [0, 0.05) is 34.2 Å². The average Bonchev–Trinajstić information content (AvgIpc) is 2.45. The Kier molecular flexibility index (Phi) is 5.33. The van der Waals surface area contributed by atoms with Gasteiger partial charge in [-0.3, -0.25) is 10.1 Å².